The van der Waals surface area contributed by atoms with Crippen molar-refractivity contribution in [3.63, 3.8) is 0 Å². The number of fused-ring (bicyclic) bond motifs is 2. The molecule has 1 aliphatic rings. The molecule has 1 aliphatic carbocycles. The fourth-order valence-corrected chi connectivity index (χ4v) is 5.86. The monoisotopic (exact) mass is 532 g/mol. The predicted molar refractivity (Wildman–Crippen MR) is 146 cm³/mol. The summed E-state index contributed by atoms with van der Waals surface area (Å²) in [4.78, 5) is 9.29. The van der Waals surface area contributed by atoms with Crippen molar-refractivity contribution in [1.29, 1.82) is 0 Å². The lowest BCUT2D eigenvalue weighted by molar-refractivity contribution is 0.294. The van der Waals surface area contributed by atoms with E-state index < -0.39 is 0 Å². The Morgan fingerprint density at radius 1 is 1.03 bits per heavy atom. The molecule has 37 heavy (non-hydrogen) atoms. The lowest BCUT2D eigenvalue weighted by atomic mass is 9.87. The number of ether oxygens (including phenoxy) is 1. The summed E-state index contributed by atoms with van der Waals surface area (Å²) >= 11 is 13.3. The molecular formula is C29H26Cl2N4O2. The van der Waals surface area contributed by atoms with Gasteiger partial charge in [-0.25, -0.2) is 9.97 Å². The number of aliphatic hydroxyl groups excluding tert-OH is 1. The molecule has 3 aromatic heterocycles. The Hall–Kier alpha value is -3.32. The Bertz CT molecular complexity index is 1560. The predicted octanol–water partition coefficient (Wildman–Crippen LogP) is 6.57. The van der Waals surface area contributed by atoms with Crippen LogP contribution in [0.5, 0.6) is 5.88 Å². The van der Waals surface area contributed by atoms with Crippen LogP contribution in [0.15, 0.2) is 73.3 Å². The van der Waals surface area contributed by atoms with Gasteiger partial charge >= 0.3 is 0 Å². The second-order valence-corrected chi connectivity index (χ2v) is 10.1. The zero-order valence-corrected chi connectivity index (χ0v) is 21.7. The van der Waals surface area contributed by atoms with Crippen molar-refractivity contribution in [3.05, 3.63) is 106 Å². The molecule has 0 spiro atoms. The molecule has 0 bridgehead atoms. The Morgan fingerprint density at radius 2 is 1.86 bits per heavy atom. The zero-order chi connectivity index (χ0) is 25.4. The van der Waals surface area contributed by atoms with Crippen molar-refractivity contribution in [3.8, 4) is 11.7 Å². The van der Waals surface area contributed by atoms with Crippen molar-refractivity contribution in [2.75, 3.05) is 6.61 Å². The van der Waals surface area contributed by atoms with Gasteiger partial charge in [0.05, 0.1) is 29.8 Å². The molecule has 0 saturated heterocycles. The third kappa shape index (κ3) is 4.50. The second-order valence-electron chi connectivity index (χ2n) is 9.27. The molecule has 1 N–H and O–H groups in total. The van der Waals surface area contributed by atoms with E-state index in [-0.39, 0.29) is 12.6 Å². The first-order valence-corrected chi connectivity index (χ1v) is 13.2. The highest BCUT2D eigenvalue weighted by atomic mass is 35.5. The number of hydrogen-bond donors (Lipinski definition) is 1. The first kappa shape index (κ1) is 24.0. The van der Waals surface area contributed by atoms with Crippen molar-refractivity contribution >= 4 is 34.1 Å². The third-order valence-corrected chi connectivity index (χ3v) is 7.70. The molecule has 0 saturated carbocycles. The van der Waals surface area contributed by atoms with Gasteiger partial charge in [-0.15, -0.1) is 0 Å². The van der Waals surface area contributed by atoms with Crippen molar-refractivity contribution in [2.45, 2.75) is 38.3 Å². The summed E-state index contributed by atoms with van der Waals surface area (Å²) in [5.74, 6) is 1.47. The highest BCUT2D eigenvalue weighted by molar-refractivity contribution is 6.34. The van der Waals surface area contributed by atoms with Gasteiger partial charge in [0.2, 0.25) is 5.88 Å². The Kier molecular flexibility index (Phi) is 6.63. The van der Waals surface area contributed by atoms with Crippen LogP contribution in [0.2, 0.25) is 10.0 Å². The standard InChI is InChI=1S/C29H26Cl2N4O2/c30-22-9-10-23(31)28-21(22)7-4-8-25(28)35-18-33-24(12-14-36)29(35)34-13-11-20-15-27(32-16-26(20)34)37-17-19-5-2-1-3-6-19/h1-3,5-6,9-11,13,15-16,18,25,36H,4,7-8,12,14,17H2. The molecule has 188 valence electrons. The van der Waals surface area contributed by atoms with E-state index in [1.807, 2.05) is 73.3 Å². The van der Waals surface area contributed by atoms with E-state index in [0.717, 1.165) is 63.4 Å². The molecule has 3 heterocycles. The number of aromatic nitrogens is 4. The number of imidazole rings is 1. The van der Waals surface area contributed by atoms with E-state index >= 15 is 0 Å². The maximum absolute atomic E-state index is 9.78. The average molecular weight is 533 g/mol. The minimum absolute atomic E-state index is 0.00672. The van der Waals surface area contributed by atoms with Gasteiger partial charge in [0.1, 0.15) is 12.4 Å². The van der Waals surface area contributed by atoms with Crippen LogP contribution in [0, 0.1) is 0 Å². The molecule has 8 heteroatoms. The molecule has 6 nitrogen and oxygen atoms in total. The molecule has 5 aromatic rings. The molecule has 0 amide bonds. The molecule has 6 rings (SSSR count). The highest BCUT2D eigenvalue weighted by Crippen LogP contribution is 2.42. The molecule has 1 unspecified atom stereocenters. The van der Waals surface area contributed by atoms with Gasteiger partial charge in [0.15, 0.2) is 0 Å². The summed E-state index contributed by atoms with van der Waals surface area (Å²) in [5, 5.41) is 12.2. The SMILES string of the molecule is OCCc1ncn(C2CCCc3c(Cl)ccc(Cl)c32)c1-n1ccc2cc(OCc3ccccc3)ncc21. The zero-order valence-electron chi connectivity index (χ0n) is 20.1. The van der Waals surface area contributed by atoms with Crippen LogP contribution in [-0.4, -0.2) is 30.8 Å². The van der Waals surface area contributed by atoms with Crippen molar-refractivity contribution < 1.29 is 9.84 Å². The maximum Gasteiger partial charge on any atom is 0.214 e. The van der Waals surface area contributed by atoms with Gasteiger partial charge in [-0.2, -0.15) is 0 Å². The Labute approximate surface area is 225 Å². The lowest BCUT2D eigenvalue weighted by Gasteiger charge is -2.30. The number of rotatable bonds is 7. The maximum atomic E-state index is 9.78. The number of hydrogen-bond acceptors (Lipinski definition) is 4. The van der Waals surface area contributed by atoms with E-state index in [2.05, 4.69) is 14.1 Å². The van der Waals surface area contributed by atoms with Crippen LogP contribution in [0.3, 0.4) is 0 Å². The van der Waals surface area contributed by atoms with Crippen molar-refractivity contribution in [2.24, 2.45) is 0 Å². The summed E-state index contributed by atoms with van der Waals surface area (Å²) in [6.45, 7) is 0.463. The van der Waals surface area contributed by atoms with Crippen LogP contribution >= 0.6 is 23.2 Å². The summed E-state index contributed by atoms with van der Waals surface area (Å²) in [7, 11) is 0. The molecule has 0 aliphatic heterocycles. The summed E-state index contributed by atoms with van der Waals surface area (Å²) in [6, 6.07) is 17.8. The van der Waals surface area contributed by atoms with E-state index in [0.29, 0.717) is 23.9 Å². The van der Waals surface area contributed by atoms with Gasteiger partial charge < -0.3 is 14.4 Å². The molecular weight excluding hydrogens is 507 g/mol. The fourth-order valence-electron chi connectivity index (χ4n) is 5.29. The Balaban J connectivity index is 1.40. The summed E-state index contributed by atoms with van der Waals surface area (Å²) in [6.07, 6.45) is 8.97. The third-order valence-electron chi connectivity index (χ3n) is 7.02. The smallest absolute Gasteiger partial charge is 0.214 e. The molecule has 2 aromatic carbocycles. The van der Waals surface area contributed by atoms with Gasteiger partial charge in [-0.05, 0) is 54.2 Å². The largest absolute Gasteiger partial charge is 0.473 e. The van der Waals surface area contributed by atoms with E-state index in [4.69, 9.17) is 32.9 Å². The normalized spacial score (nSPS) is 15.2. The quantitative estimate of drug-likeness (QED) is 0.257. The van der Waals surface area contributed by atoms with Gasteiger partial charge in [0, 0.05) is 40.7 Å². The average Bonchev–Trinajstić information content (AvgIpc) is 3.53. The lowest BCUT2D eigenvalue weighted by Crippen LogP contribution is -2.20. The van der Waals surface area contributed by atoms with Gasteiger partial charge in [0.25, 0.3) is 0 Å². The number of halogens is 2. The molecule has 0 radical (unpaired) electrons. The van der Waals surface area contributed by atoms with E-state index in [9.17, 15) is 5.11 Å². The topological polar surface area (TPSA) is 65.1 Å². The van der Waals surface area contributed by atoms with Crippen LogP contribution in [0.4, 0.5) is 0 Å². The van der Waals surface area contributed by atoms with E-state index in [1.165, 1.54) is 0 Å². The number of pyridine rings is 1. The molecule has 0 fully saturated rings. The minimum Gasteiger partial charge on any atom is -0.473 e. The number of benzene rings is 2. The van der Waals surface area contributed by atoms with Gasteiger partial charge in [-0.3, -0.25) is 4.57 Å². The van der Waals surface area contributed by atoms with Crippen molar-refractivity contribution in [1.82, 2.24) is 19.1 Å². The first-order chi connectivity index (χ1) is 18.1. The number of nitrogens with zero attached hydrogens (tertiary/aromatic N) is 4. The van der Waals surface area contributed by atoms with E-state index in [1.54, 1.807) is 0 Å². The summed E-state index contributed by atoms with van der Waals surface area (Å²) in [5.41, 5.74) is 5.00. The second kappa shape index (κ2) is 10.2. The fraction of sp³-hybridized carbons (Fsp3) is 0.241. The van der Waals surface area contributed by atoms with Crippen LogP contribution in [0.25, 0.3) is 16.7 Å². The van der Waals surface area contributed by atoms with Gasteiger partial charge in [-0.1, -0.05) is 53.5 Å². The molecule has 1 atom stereocenters. The minimum atomic E-state index is -0.0104. The summed E-state index contributed by atoms with van der Waals surface area (Å²) < 4.78 is 10.2. The highest BCUT2D eigenvalue weighted by Gasteiger charge is 2.29. The number of aliphatic hydroxyl groups is 1. The Morgan fingerprint density at radius 3 is 2.70 bits per heavy atom. The van der Waals surface area contributed by atoms with Crippen LogP contribution < -0.4 is 4.74 Å². The van der Waals surface area contributed by atoms with Crippen LogP contribution in [-0.2, 0) is 19.4 Å². The first-order valence-electron chi connectivity index (χ1n) is 12.4. The van der Waals surface area contributed by atoms with Crippen LogP contribution in [0.1, 0.15) is 41.3 Å².